The Kier molecular flexibility index (Phi) is 5.87. The van der Waals surface area contributed by atoms with Crippen LogP contribution in [0.5, 0.6) is 0 Å². The first-order chi connectivity index (χ1) is 11.7. The molecule has 0 spiro atoms. The maximum atomic E-state index is 11.9. The maximum absolute atomic E-state index is 11.9. The SMILES string of the molecule is C[C@@H](CNC(=O)NCCCn1cccn1)N1CCc2sccc2C1. The van der Waals surface area contributed by atoms with Crippen LogP contribution in [0.2, 0.25) is 0 Å². The molecule has 7 heteroatoms. The van der Waals surface area contributed by atoms with Crippen LogP contribution >= 0.6 is 11.3 Å². The van der Waals surface area contributed by atoms with Crippen LogP contribution in [0.1, 0.15) is 23.8 Å². The van der Waals surface area contributed by atoms with Crippen molar-refractivity contribution in [2.24, 2.45) is 0 Å². The molecule has 0 bridgehead atoms. The molecular formula is C17H25N5OS. The minimum Gasteiger partial charge on any atom is -0.338 e. The van der Waals surface area contributed by atoms with Gasteiger partial charge in [-0.1, -0.05) is 0 Å². The molecule has 2 aromatic heterocycles. The van der Waals surface area contributed by atoms with Crippen molar-refractivity contribution in [3.8, 4) is 0 Å². The van der Waals surface area contributed by atoms with Crippen molar-refractivity contribution in [1.29, 1.82) is 0 Å². The average Bonchev–Trinajstić information content (AvgIpc) is 3.27. The van der Waals surface area contributed by atoms with E-state index in [1.54, 1.807) is 6.20 Å². The Morgan fingerprint density at radius 3 is 3.21 bits per heavy atom. The zero-order valence-corrected chi connectivity index (χ0v) is 14.9. The summed E-state index contributed by atoms with van der Waals surface area (Å²) in [6.45, 7) is 6.39. The number of hydrogen-bond donors (Lipinski definition) is 2. The summed E-state index contributed by atoms with van der Waals surface area (Å²) >= 11 is 1.85. The minimum absolute atomic E-state index is 0.0875. The van der Waals surface area contributed by atoms with Crippen molar-refractivity contribution in [2.45, 2.75) is 38.9 Å². The Hall–Kier alpha value is -1.86. The van der Waals surface area contributed by atoms with Gasteiger partial charge in [-0.15, -0.1) is 11.3 Å². The summed E-state index contributed by atoms with van der Waals surface area (Å²) in [6.07, 6.45) is 5.69. The first kappa shape index (κ1) is 17.0. The van der Waals surface area contributed by atoms with Gasteiger partial charge in [0.15, 0.2) is 0 Å². The monoisotopic (exact) mass is 347 g/mol. The predicted molar refractivity (Wildman–Crippen MR) is 96.1 cm³/mol. The highest BCUT2D eigenvalue weighted by atomic mass is 32.1. The molecule has 2 aromatic rings. The molecule has 3 heterocycles. The number of nitrogens with zero attached hydrogens (tertiary/aromatic N) is 3. The Morgan fingerprint density at radius 1 is 1.46 bits per heavy atom. The van der Waals surface area contributed by atoms with E-state index in [0.717, 1.165) is 32.5 Å². The van der Waals surface area contributed by atoms with Crippen LogP contribution in [0.15, 0.2) is 29.9 Å². The predicted octanol–water partition coefficient (Wildman–Crippen LogP) is 2.08. The van der Waals surface area contributed by atoms with Crippen molar-refractivity contribution in [3.05, 3.63) is 40.3 Å². The number of urea groups is 1. The van der Waals surface area contributed by atoms with E-state index in [9.17, 15) is 4.79 Å². The lowest BCUT2D eigenvalue weighted by Crippen LogP contribution is -2.46. The number of carbonyl (C=O) groups excluding carboxylic acids is 1. The number of aryl methyl sites for hydroxylation is 1. The number of nitrogens with one attached hydrogen (secondary N) is 2. The Bertz CT molecular complexity index is 639. The molecule has 0 saturated carbocycles. The van der Waals surface area contributed by atoms with E-state index in [1.807, 2.05) is 28.3 Å². The number of rotatable bonds is 7. The van der Waals surface area contributed by atoms with E-state index >= 15 is 0 Å². The summed E-state index contributed by atoms with van der Waals surface area (Å²) in [4.78, 5) is 15.8. The van der Waals surface area contributed by atoms with Crippen molar-refractivity contribution in [3.63, 3.8) is 0 Å². The molecule has 1 aliphatic heterocycles. The van der Waals surface area contributed by atoms with Crippen LogP contribution in [0.25, 0.3) is 0 Å². The molecule has 6 nitrogen and oxygen atoms in total. The molecule has 0 saturated heterocycles. The fraction of sp³-hybridized carbons (Fsp3) is 0.529. The van der Waals surface area contributed by atoms with Gasteiger partial charge in [-0.3, -0.25) is 9.58 Å². The third-order valence-corrected chi connectivity index (χ3v) is 5.45. The number of fused-ring (bicyclic) bond motifs is 1. The van der Waals surface area contributed by atoms with Gasteiger partial charge in [0.05, 0.1) is 0 Å². The normalized spacial score (nSPS) is 15.7. The number of thiophene rings is 1. The third kappa shape index (κ3) is 4.58. The number of amides is 2. The average molecular weight is 347 g/mol. The molecule has 3 rings (SSSR count). The van der Waals surface area contributed by atoms with Crippen molar-refractivity contribution in [2.75, 3.05) is 19.6 Å². The van der Waals surface area contributed by atoms with Crippen LogP contribution in [0.3, 0.4) is 0 Å². The van der Waals surface area contributed by atoms with Gasteiger partial charge in [0.1, 0.15) is 0 Å². The molecule has 24 heavy (non-hydrogen) atoms. The van der Waals surface area contributed by atoms with E-state index in [4.69, 9.17) is 0 Å². The van der Waals surface area contributed by atoms with Crippen LogP contribution in [0, 0.1) is 0 Å². The summed E-state index contributed by atoms with van der Waals surface area (Å²) in [5.41, 5.74) is 1.45. The number of hydrogen-bond acceptors (Lipinski definition) is 4. The molecular weight excluding hydrogens is 322 g/mol. The lowest BCUT2D eigenvalue weighted by atomic mass is 10.1. The van der Waals surface area contributed by atoms with Gasteiger partial charge >= 0.3 is 6.03 Å². The highest BCUT2D eigenvalue weighted by Crippen LogP contribution is 2.24. The van der Waals surface area contributed by atoms with E-state index in [-0.39, 0.29) is 6.03 Å². The molecule has 0 aromatic carbocycles. The molecule has 1 aliphatic rings. The standard InChI is InChI=1S/C17H25N5OS/c1-14(21-10-4-16-15(13-21)5-11-24-16)12-19-17(23)18-6-2-8-22-9-3-7-20-22/h3,5,7,9,11,14H,2,4,6,8,10,12-13H2,1H3,(H2,18,19,23)/t14-/m0/s1. The van der Waals surface area contributed by atoms with E-state index in [0.29, 0.717) is 19.1 Å². The molecule has 1 atom stereocenters. The second kappa shape index (κ2) is 8.30. The highest BCUT2D eigenvalue weighted by Gasteiger charge is 2.21. The van der Waals surface area contributed by atoms with Gasteiger partial charge in [0.2, 0.25) is 0 Å². The smallest absolute Gasteiger partial charge is 0.314 e. The molecule has 0 unspecified atom stereocenters. The number of aromatic nitrogens is 2. The molecule has 2 amide bonds. The van der Waals surface area contributed by atoms with Gasteiger partial charge < -0.3 is 10.6 Å². The molecule has 130 valence electrons. The summed E-state index contributed by atoms with van der Waals surface area (Å²) in [7, 11) is 0. The summed E-state index contributed by atoms with van der Waals surface area (Å²) in [5.74, 6) is 0. The molecule has 0 fully saturated rings. The zero-order valence-electron chi connectivity index (χ0n) is 14.1. The fourth-order valence-corrected chi connectivity index (χ4v) is 3.84. The van der Waals surface area contributed by atoms with Crippen LogP contribution < -0.4 is 10.6 Å². The molecule has 0 aliphatic carbocycles. The summed E-state index contributed by atoms with van der Waals surface area (Å²) in [5, 5.41) is 12.2. The lowest BCUT2D eigenvalue weighted by molar-refractivity contribution is 0.186. The van der Waals surface area contributed by atoms with Crippen molar-refractivity contribution >= 4 is 17.4 Å². The first-order valence-electron chi connectivity index (χ1n) is 8.51. The van der Waals surface area contributed by atoms with Gasteiger partial charge in [0.25, 0.3) is 0 Å². The number of carbonyl (C=O) groups is 1. The third-order valence-electron chi connectivity index (χ3n) is 4.43. The maximum Gasteiger partial charge on any atom is 0.314 e. The van der Waals surface area contributed by atoms with E-state index in [1.165, 1.54) is 10.4 Å². The Balaban J connectivity index is 1.31. The summed E-state index contributed by atoms with van der Waals surface area (Å²) in [6, 6.07) is 4.38. The van der Waals surface area contributed by atoms with Gasteiger partial charge in [0, 0.05) is 56.0 Å². The zero-order chi connectivity index (χ0) is 16.8. The highest BCUT2D eigenvalue weighted by molar-refractivity contribution is 7.10. The molecule has 2 N–H and O–H groups in total. The van der Waals surface area contributed by atoms with Crippen LogP contribution in [-0.4, -0.2) is 46.4 Å². The Labute approximate surface area is 146 Å². The second-order valence-corrected chi connectivity index (χ2v) is 7.20. The van der Waals surface area contributed by atoms with Crippen LogP contribution in [-0.2, 0) is 19.5 Å². The van der Waals surface area contributed by atoms with Crippen molar-refractivity contribution in [1.82, 2.24) is 25.3 Å². The quantitative estimate of drug-likeness (QED) is 0.754. The van der Waals surface area contributed by atoms with Gasteiger partial charge in [-0.05, 0) is 42.8 Å². The van der Waals surface area contributed by atoms with E-state index < -0.39 is 0 Å². The van der Waals surface area contributed by atoms with E-state index in [2.05, 4.69) is 39.0 Å². The minimum atomic E-state index is -0.0875. The lowest BCUT2D eigenvalue weighted by Gasteiger charge is -2.32. The van der Waals surface area contributed by atoms with Gasteiger partial charge in [-0.25, -0.2) is 4.79 Å². The van der Waals surface area contributed by atoms with Crippen LogP contribution in [0.4, 0.5) is 4.79 Å². The summed E-state index contributed by atoms with van der Waals surface area (Å²) < 4.78 is 1.87. The largest absolute Gasteiger partial charge is 0.338 e. The van der Waals surface area contributed by atoms with Gasteiger partial charge in [-0.2, -0.15) is 5.10 Å². The second-order valence-electron chi connectivity index (χ2n) is 6.20. The topological polar surface area (TPSA) is 62.2 Å². The fourth-order valence-electron chi connectivity index (χ4n) is 2.95. The van der Waals surface area contributed by atoms with Crippen molar-refractivity contribution < 1.29 is 4.79 Å². The first-order valence-corrected chi connectivity index (χ1v) is 9.39. The molecule has 0 radical (unpaired) electrons. The Morgan fingerprint density at radius 2 is 2.38 bits per heavy atom.